The SMILES string of the molecule is CCCCCCC1c2cc(c(OCC(=O)NCCCN)cc2OCC(=O)NCCCN)C(CCCCCC)c2cc(c(OCC(=O)NCCCN)cc2OCC(=O)NCCCN)C(CCCCCC)c2cc(c(OCC(=O)NCCCN)cc2OCC(=O)NCCCN)C(CCCCCC)c2cc1c(OCC(=O)NCCCN)cc2OCC(=O)NCCCN. The van der Waals surface area contributed by atoms with Crippen LogP contribution in [0.2, 0.25) is 0 Å². The number of carbonyl (C=O) groups excluding carboxylic acids is 8. The van der Waals surface area contributed by atoms with Gasteiger partial charge in [-0.2, -0.15) is 0 Å². The van der Waals surface area contributed by atoms with Gasteiger partial charge in [-0.1, -0.05) is 130 Å². The van der Waals surface area contributed by atoms with Gasteiger partial charge in [0, 0.05) is 145 Å². The summed E-state index contributed by atoms with van der Waals surface area (Å²) < 4.78 is 56.0. The fourth-order valence-electron chi connectivity index (χ4n) is 14.8. The molecule has 8 amide bonds. The van der Waals surface area contributed by atoms with Crippen LogP contribution in [0.1, 0.15) is 276 Å². The van der Waals surface area contributed by atoms with Crippen molar-refractivity contribution in [1.29, 1.82) is 0 Å². The van der Waals surface area contributed by atoms with Gasteiger partial charge in [0.15, 0.2) is 52.9 Å². The fourth-order valence-corrected chi connectivity index (χ4v) is 14.8. The van der Waals surface area contributed by atoms with Crippen LogP contribution in [0.3, 0.4) is 0 Å². The number of carbonyl (C=O) groups is 8. The minimum absolute atomic E-state index is 0.195. The number of rotatable bonds is 68. The molecule has 0 saturated carbocycles. The summed E-state index contributed by atoms with van der Waals surface area (Å²) in [6.45, 7) is 9.16. The van der Waals surface area contributed by atoms with E-state index >= 15 is 0 Å². The summed E-state index contributed by atoms with van der Waals surface area (Å²) >= 11 is 0. The van der Waals surface area contributed by atoms with Crippen LogP contribution in [0, 0.1) is 0 Å². The van der Waals surface area contributed by atoms with Gasteiger partial charge in [-0.25, -0.2) is 0 Å². The van der Waals surface area contributed by atoms with Crippen LogP contribution in [-0.4, -0.2) is 205 Å². The third-order valence-corrected chi connectivity index (χ3v) is 21.5. The Balaban J connectivity index is 2.37. The quantitative estimate of drug-likeness (QED) is 0.0195. The molecule has 32 nitrogen and oxygen atoms in total. The highest BCUT2D eigenvalue weighted by Crippen LogP contribution is 2.54. The lowest BCUT2D eigenvalue weighted by Crippen LogP contribution is -2.32. The van der Waals surface area contributed by atoms with Crippen molar-refractivity contribution in [1.82, 2.24) is 42.5 Å². The Morgan fingerprint density at radius 2 is 0.347 bits per heavy atom. The van der Waals surface area contributed by atoms with Crippen molar-refractivity contribution < 1.29 is 76.3 Å². The van der Waals surface area contributed by atoms with Crippen LogP contribution < -0.4 is 126 Å². The van der Waals surface area contributed by atoms with Crippen LogP contribution in [0.4, 0.5) is 0 Å². The average molecular weight is 1740 g/mol. The van der Waals surface area contributed by atoms with Crippen LogP contribution >= 0.6 is 0 Å². The first-order valence-corrected chi connectivity index (χ1v) is 45.9. The molecule has 1 aliphatic rings. The van der Waals surface area contributed by atoms with Crippen LogP contribution in [0.5, 0.6) is 46.0 Å². The van der Waals surface area contributed by atoms with Gasteiger partial charge >= 0.3 is 0 Å². The predicted molar refractivity (Wildman–Crippen MR) is 486 cm³/mol. The molecule has 0 saturated heterocycles. The number of nitrogens with two attached hydrogens (primary N) is 8. The first-order valence-electron chi connectivity index (χ1n) is 45.9. The molecular weight excluding hydrogens is 1590 g/mol. The van der Waals surface area contributed by atoms with Crippen molar-refractivity contribution in [2.24, 2.45) is 45.9 Å². The second-order valence-electron chi connectivity index (χ2n) is 31.6. The topological polar surface area (TPSA) is 515 Å². The molecule has 0 aliphatic heterocycles. The lowest BCUT2D eigenvalue weighted by molar-refractivity contribution is -0.124. The molecule has 4 aromatic rings. The molecule has 0 heterocycles. The van der Waals surface area contributed by atoms with Crippen LogP contribution in [-0.2, 0) is 38.4 Å². The zero-order valence-electron chi connectivity index (χ0n) is 74.8. The smallest absolute Gasteiger partial charge is 0.257 e. The van der Waals surface area contributed by atoms with Gasteiger partial charge in [0.25, 0.3) is 47.3 Å². The van der Waals surface area contributed by atoms with Crippen molar-refractivity contribution in [3.05, 3.63) is 93.0 Å². The van der Waals surface area contributed by atoms with E-state index in [2.05, 4.69) is 70.2 Å². The third kappa shape index (κ3) is 38.7. The minimum atomic E-state index is -0.811. The summed E-state index contributed by atoms with van der Waals surface area (Å²) in [7, 11) is 0. The number of fused-ring (bicyclic) bond motifs is 8. The predicted octanol–water partition coefficient (Wildman–Crippen LogP) is 7.16. The van der Waals surface area contributed by atoms with Crippen molar-refractivity contribution in [2.45, 2.75) is 231 Å². The Morgan fingerprint density at radius 1 is 0.210 bits per heavy atom. The Hall–Kier alpha value is -9.28. The van der Waals surface area contributed by atoms with Gasteiger partial charge in [-0.3, -0.25) is 38.4 Å². The Kier molecular flexibility index (Phi) is 54.0. The molecule has 5 rings (SSSR count). The molecule has 8 bridgehead atoms. The Morgan fingerprint density at radius 3 is 0.468 bits per heavy atom. The fraction of sp³-hybridized carbons (Fsp3) is 0.652. The molecule has 0 spiro atoms. The molecule has 32 heteroatoms. The van der Waals surface area contributed by atoms with E-state index in [0.29, 0.717) is 200 Å². The van der Waals surface area contributed by atoms with E-state index in [1.807, 2.05) is 24.3 Å². The maximum absolute atomic E-state index is 14.4. The lowest BCUT2D eigenvalue weighted by atomic mass is 9.76. The second-order valence-corrected chi connectivity index (χ2v) is 31.6. The number of ether oxygens (including phenoxy) is 8. The number of benzene rings is 4. The molecule has 0 aromatic heterocycles. The first kappa shape index (κ1) is 105. The monoisotopic (exact) mass is 1740 g/mol. The maximum Gasteiger partial charge on any atom is 0.257 e. The highest BCUT2D eigenvalue weighted by atomic mass is 16.5. The van der Waals surface area contributed by atoms with E-state index < -0.39 is 124 Å². The van der Waals surface area contributed by atoms with Crippen molar-refractivity contribution in [3.63, 3.8) is 0 Å². The molecule has 0 unspecified atom stereocenters. The highest BCUT2D eigenvalue weighted by molar-refractivity contribution is 5.82. The molecule has 0 atom stereocenters. The summed E-state index contributed by atoms with van der Waals surface area (Å²) in [6, 6.07) is 15.0. The molecule has 696 valence electrons. The van der Waals surface area contributed by atoms with Crippen molar-refractivity contribution in [3.8, 4) is 46.0 Å². The molecule has 24 N–H and O–H groups in total. The zero-order valence-corrected chi connectivity index (χ0v) is 74.8. The summed E-state index contributed by atoms with van der Waals surface area (Å²) in [5.41, 5.74) is 52.1. The standard InChI is InChI=1S/C92H152N16O16/c1-5-9-13-17-29-65-69-49-71(79(119-59-87(111)103-43-23-35-95)53-77(69)117-57-85(109)101-41-21-33-93)66(30-18-14-10-6-2)73-51-75(83(123-63-91(115)107-47-27-39-99)55-81(73)121-61-89(113)105-45-25-37-97)68(32-20-16-12-8-4)76-52-74(82(122-62-90(114)106-46-26-38-98)56-84(76)124-64-92(116)108-48-28-40-100)67(31-19-15-11-7-3)72-50-70(65)78(118-58-86(110)102-42-22-34-94)54-80(72)120-60-88(112)104-44-24-36-96/h49-56,65-68H,5-48,57-64,93-100H2,1-4H3,(H,101,109)(H,102,110)(H,103,111)(H,104,112)(H,105,113)(H,106,114)(H,107,115)(H,108,116). The van der Waals surface area contributed by atoms with Gasteiger partial charge < -0.3 is 126 Å². The van der Waals surface area contributed by atoms with E-state index in [0.717, 1.165) is 77.0 Å². The van der Waals surface area contributed by atoms with E-state index in [4.69, 9.17) is 83.8 Å². The summed E-state index contributed by atoms with van der Waals surface area (Å²) in [5, 5.41) is 23.7. The normalized spacial score (nSPS) is 14.0. The lowest BCUT2D eigenvalue weighted by Gasteiger charge is -2.32. The summed E-state index contributed by atoms with van der Waals surface area (Å²) in [4.78, 5) is 115. The number of hydrogen-bond donors (Lipinski definition) is 16. The Bertz CT molecular complexity index is 3130. The average Bonchev–Trinajstić information content (AvgIpc) is 0.744. The summed E-state index contributed by atoms with van der Waals surface area (Å²) in [5.74, 6) is -5.29. The molecule has 0 fully saturated rings. The third-order valence-electron chi connectivity index (χ3n) is 21.5. The van der Waals surface area contributed by atoms with Crippen LogP contribution in [0.15, 0.2) is 48.5 Å². The number of unbranched alkanes of at least 4 members (excludes halogenated alkanes) is 12. The van der Waals surface area contributed by atoms with E-state index in [-0.39, 0.29) is 98.4 Å². The molecule has 1 aliphatic carbocycles. The number of nitrogens with one attached hydrogen (secondary N) is 8. The Labute approximate surface area is 736 Å². The van der Waals surface area contributed by atoms with Gasteiger partial charge in [0.05, 0.1) is 0 Å². The van der Waals surface area contributed by atoms with E-state index in [1.165, 1.54) is 0 Å². The number of hydrogen-bond acceptors (Lipinski definition) is 24. The zero-order chi connectivity index (χ0) is 89.9. The van der Waals surface area contributed by atoms with Gasteiger partial charge in [-0.15, -0.1) is 0 Å². The minimum Gasteiger partial charge on any atom is -0.483 e. The van der Waals surface area contributed by atoms with Gasteiger partial charge in [0.2, 0.25) is 0 Å². The van der Waals surface area contributed by atoms with Crippen molar-refractivity contribution in [2.75, 3.05) is 158 Å². The molecule has 4 aromatic carbocycles. The maximum atomic E-state index is 14.4. The second kappa shape index (κ2) is 63.6. The van der Waals surface area contributed by atoms with E-state index in [9.17, 15) is 38.4 Å². The van der Waals surface area contributed by atoms with Crippen LogP contribution in [0.25, 0.3) is 0 Å². The molecule has 0 radical (unpaired) electrons. The first-order chi connectivity index (χ1) is 60.4. The molecule has 124 heavy (non-hydrogen) atoms. The van der Waals surface area contributed by atoms with Gasteiger partial charge in [-0.05, 0) is 154 Å². The van der Waals surface area contributed by atoms with Crippen molar-refractivity contribution >= 4 is 47.3 Å². The van der Waals surface area contributed by atoms with E-state index in [1.54, 1.807) is 24.3 Å². The molecular formula is C92H152N16O16. The van der Waals surface area contributed by atoms with Gasteiger partial charge in [0.1, 0.15) is 46.0 Å². The summed E-state index contributed by atoms with van der Waals surface area (Å²) in [6.07, 6.45) is 17.7. The number of amides is 8. The largest absolute Gasteiger partial charge is 0.483 e. The highest BCUT2D eigenvalue weighted by Gasteiger charge is 2.37.